The predicted octanol–water partition coefficient (Wildman–Crippen LogP) is 1.92. The molecule has 7 heteroatoms. The van der Waals surface area contributed by atoms with E-state index in [-0.39, 0.29) is 5.50 Å². The van der Waals surface area contributed by atoms with E-state index in [1.165, 1.54) is 20.5 Å². The highest BCUT2D eigenvalue weighted by Crippen LogP contribution is 2.45. The molecule has 0 radical (unpaired) electrons. The van der Waals surface area contributed by atoms with Crippen molar-refractivity contribution in [2.45, 2.75) is 32.3 Å². The molecular formula is C13H19N3O3S. The fourth-order valence-corrected chi connectivity index (χ4v) is 3.55. The average molecular weight is 297 g/mol. The average Bonchev–Trinajstić information content (AvgIpc) is 2.96. The van der Waals surface area contributed by atoms with Crippen molar-refractivity contribution in [2.75, 3.05) is 14.2 Å². The summed E-state index contributed by atoms with van der Waals surface area (Å²) in [6.07, 6.45) is 3.25. The predicted molar refractivity (Wildman–Crippen MR) is 78.5 cm³/mol. The molecule has 2 rings (SSSR count). The van der Waals surface area contributed by atoms with Crippen LogP contribution < -0.4 is 0 Å². The highest BCUT2D eigenvalue weighted by atomic mass is 32.2. The van der Waals surface area contributed by atoms with Gasteiger partial charge in [-0.25, -0.2) is 9.80 Å². The lowest BCUT2D eigenvalue weighted by atomic mass is 10.2. The zero-order valence-electron chi connectivity index (χ0n) is 12.3. The van der Waals surface area contributed by atoms with Crippen molar-refractivity contribution in [1.82, 2.24) is 9.91 Å². The first-order valence-electron chi connectivity index (χ1n) is 6.31. The van der Waals surface area contributed by atoms with Gasteiger partial charge >= 0.3 is 5.97 Å². The number of allylic oxidation sites excluding steroid dienone is 1. The van der Waals surface area contributed by atoms with Crippen LogP contribution in [-0.4, -0.2) is 48.0 Å². The number of hydrazone groups is 1. The van der Waals surface area contributed by atoms with Gasteiger partial charge in [0.25, 0.3) is 0 Å². The second kappa shape index (κ2) is 5.78. The van der Waals surface area contributed by atoms with Gasteiger partial charge in [0, 0.05) is 10.9 Å². The monoisotopic (exact) mass is 297 g/mol. The van der Waals surface area contributed by atoms with E-state index in [9.17, 15) is 4.79 Å². The molecular weight excluding hydrogens is 278 g/mol. The number of fused-ring (bicyclic) bond motifs is 1. The molecule has 2 aliphatic rings. The van der Waals surface area contributed by atoms with Gasteiger partial charge in [-0.15, -0.1) is 0 Å². The molecule has 0 fully saturated rings. The molecule has 0 aromatic carbocycles. The van der Waals surface area contributed by atoms with E-state index >= 15 is 0 Å². The summed E-state index contributed by atoms with van der Waals surface area (Å²) in [5, 5.41) is 6.30. The Labute approximate surface area is 123 Å². The minimum atomic E-state index is -0.407. The van der Waals surface area contributed by atoms with Crippen molar-refractivity contribution in [3.8, 4) is 0 Å². The maximum absolute atomic E-state index is 11.9. The van der Waals surface area contributed by atoms with E-state index in [1.807, 2.05) is 18.3 Å². The van der Waals surface area contributed by atoms with Crippen molar-refractivity contribution in [3.05, 3.63) is 22.4 Å². The summed E-state index contributed by atoms with van der Waals surface area (Å²) >= 11 is 1.57. The maximum Gasteiger partial charge on any atom is 0.342 e. The Morgan fingerprint density at radius 1 is 1.50 bits per heavy atom. The first kappa shape index (κ1) is 14.8. The molecule has 0 spiro atoms. The Morgan fingerprint density at radius 3 is 2.75 bits per heavy atom. The van der Waals surface area contributed by atoms with Gasteiger partial charge in [-0.05, 0) is 20.8 Å². The molecule has 0 N–H and O–H groups in total. The molecule has 2 aliphatic heterocycles. The van der Waals surface area contributed by atoms with Crippen LogP contribution in [0.4, 0.5) is 0 Å². The van der Waals surface area contributed by atoms with Gasteiger partial charge < -0.3 is 14.4 Å². The summed E-state index contributed by atoms with van der Waals surface area (Å²) in [5.41, 5.74) is 1.40. The maximum atomic E-state index is 11.9. The molecule has 0 saturated heterocycles. The lowest BCUT2D eigenvalue weighted by molar-refractivity contribution is -0.135. The topological polar surface area (TPSA) is 54.4 Å². The number of ether oxygens (including phenoxy) is 2. The molecule has 1 unspecified atom stereocenters. The van der Waals surface area contributed by atoms with Crippen LogP contribution in [-0.2, 0) is 14.3 Å². The summed E-state index contributed by atoms with van der Waals surface area (Å²) in [6.45, 7) is 6.15. The van der Waals surface area contributed by atoms with Gasteiger partial charge in [-0.2, -0.15) is 5.10 Å². The Hall–Kier alpha value is -1.63. The fraction of sp³-hybridized carbons (Fsp3) is 0.538. The van der Waals surface area contributed by atoms with Gasteiger partial charge in [0.2, 0.25) is 0 Å². The number of nitrogens with zero attached hydrogens (tertiary/aromatic N) is 3. The first-order chi connectivity index (χ1) is 9.51. The van der Waals surface area contributed by atoms with Crippen LogP contribution in [0.15, 0.2) is 27.5 Å². The summed E-state index contributed by atoms with van der Waals surface area (Å²) in [4.78, 5) is 14.9. The Bertz CT molecular complexity index is 499. The van der Waals surface area contributed by atoms with Crippen LogP contribution >= 0.6 is 11.8 Å². The van der Waals surface area contributed by atoms with E-state index in [0.717, 1.165) is 10.6 Å². The highest BCUT2D eigenvalue weighted by molar-refractivity contribution is 8.04. The molecule has 0 bridgehead atoms. The summed E-state index contributed by atoms with van der Waals surface area (Å²) in [6, 6.07) is 0.335. The lowest BCUT2D eigenvalue weighted by Gasteiger charge is -2.27. The van der Waals surface area contributed by atoms with Crippen molar-refractivity contribution in [2.24, 2.45) is 5.10 Å². The summed E-state index contributed by atoms with van der Waals surface area (Å²) in [5.74, 6) is -0.407. The van der Waals surface area contributed by atoms with Crippen LogP contribution in [0.25, 0.3) is 0 Å². The number of carbonyl (C=O) groups is 1. The molecule has 0 aliphatic carbocycles. The van der Waals surface area contributed by atoms with Crippen LogP contribution in [0.5, 0.6) is 0 Å². The Balaban J connectivity index is 2.30. The third kappa shape index (κ3) is 2.37. The zero-order chi connectivity index (χ0) is 14.9. The van der Waals surface area contributed by atoms with Gasteiger partial charge in [0.1, 0.15) is 11.9 Å². The fourth-order valence-electron chi connectivity index (χ4n) is 2.08. The van der Waals surface area contributed by atoms with Gasteiger partial charge in [0.05, 0.1) is 26.2 Å². The van der Waals surface area contributed by atoms with Crippen LogP contribution in [0.1, 0.15) is 20.8 Å². The number of thioether (sulfide) groups is 1. The number of esters is 1. The van der Waals surface area contributed by atoms with E-state index < -0.39 is 5.97 Å². The van der Waals surface area contributed by atoms with Crippen molar-refractivity contribution in [1.29, 1.82) is 0 Å². The van der Waals surface area contributed by atoms with Crippen LogP contribution in [0.3, 0.4) is 0 Å². The third-order valence-corrected chi connectivity index (χ3v) is 4.56. The highest BCUT2D eigenvalue weighted by Gasteiger charge is 2.41. The van der Waals surface area contributed by atoms with E-state index in [0.29, 0.717) is 11.6 Å². The first-order valence-corrected chi connectivity index (χ1v) is 7.19. The van der Waals surface area contributed by atoms with Crippen molar-refractivity contribution >= 4 is 24.1 Å². The zero-order valence-corrected chi connectivity index (χ0v) is 13.1. The van der Waals surface area contributed by atoms with Crippen LogP contribution in [0, 0.1) is 0 Å². The molecule has 1 atom stereocenters. The molecule has 0 aromatic rings. The molecule has 0 saturated carbocycles. The Morgan fingerprint density at radius 2 is 2.20 bits per heavy atom. The molecule has 0 aromatic heterocycles. The van der Waals surface area contributed by atoms with Gasteiger partial charge in [-0.1, -0.05) is 11.8 Å². The summed E-state index contributed by atoms with van der Waals surface area (Å²) in [7, 11) is 2.87. The molecule has 110 valence electrons. The van der Waals surface area contributed by atoms with Crippen LogP contribution in [0.2, 0.25) is 0 Å². The van der Waals surface area contributed by atoms with Gasteiger partial charge in [0.15, 0.2) is 5.50 Å². The number of carbonyl (C=O) groups excluding carboxylic acids is 1. The minimum Gasteiger partial charge on any atom is -0.503 e. The normalized spacial score (nSPS) is 21.9. The van der Waals surface area contributed by atoms with Crippen molar-refractivity contribution in [3.63, 3.8) is 0 Å². The number of methoxy groups -OCH3 is 2. The number of hydrogen-bond acceptors (Lipinski definition) is 7. The smallest absolute Gasteiger partial charge is 0.342 e. The largest absolute Gasteiger partial charge is 0.503 e. The third-order valence-electron chi connectivity index (χ3n) is 3.15. The Kier molecular flexibility index (Phi) is 4.27. The van der Waals surface area contributed by atoms with E-state index in [2.05, 4.69) is 23.8 Å². The second-order valence-corrected chi connectivity index (χ2v) is 5.80. The van der Waals surface area contributed by atoms with E-state index in [1.54, 1.807) is 11.8 Å². The standard InChI is InChI=1S/C13H19N3O3S/c1-8(2)15-7-14-16-9(3)11(20-13(15)16)10(6-18-4)12(17)19-5/h6-8,13H,1-5H3/b10-6-. The quantitative estimate of drug-likeness (QED) is 0.449. The molecule has 0 amide bonds. The molecule has 6 nitrogen and oxygen atoms in total. The van der Waals surface area contributed by atoms with Crippen molar-refractivity contribution < 1.29 is 14.3 Å². The molecule has 20 heavy (non-hydrogen) atoms. The second-order valence-electron chi connectivity index (χ2n) is 4.73. The SMILES string of the molecule is CO/C=C(\C(=O)OC)C1=C(C)N2N=CN(C(C)C)C2S1. The number of hydrogen-bond donors (Lipinski definition) is 0. The summed E-state index contributed by atoms with van der Waals surface area (Å²) < 4.78 is 9.82. The van der Waals surface area contributed by atoms with E-state index in [4.69, 9.17) is 9.47 Å². The lowest BCUT2D eigenvalue weighted by Crippen LogP contribution is -2.38. The van der Waals surface area contributed by atoms with Gasteiger partial charge in [-0.3, -0.25) is 0 Å². The molecule has 2 heterocycles. The minimum absolute atomic E-state index is 0.0508. The number of rotatable bonds is 4.